The normalized spacial score (nSPS) is 9.09. The lowest BCUT2D eigenvalue weighted by molar-refractivity contribution is 0.832. The van der Waals surface area contributed by atoms with E-state index in [0.29, 0.717) is 6.54 Å². The van der Waals surface area contributed by atoms with E-state index < -0.39 is 0 Å². The standard InChI is InChI=1S/C6H8N4S/c7-6(11)8-4-5-2-1-3-9-10-5/h1-3H,4H2,(H3,7,8,11). The molecule has 0 aliphatic heterocycles. The second-order valence-electron chi connectivity index (χ2n) is 1.93. The number of aromatic nitrogens is 2. The maximum absolute atomic E-state index is 5.21. The van der Waals surface area contributed by atoms with E-state index in [2.05, 4.69) is 27.7 Å². The van der Waals surface area contributed by atoms with Crippen LogP contribution >= 0.6 is 12.2 Å². The highest BCUT2D eigenvalue weighted by Gasteiger charge is 1.91. The summed E-state index contributed by atoms with van der Waals surface area (Å²) in [5.41, 5.74) is 6.03. The van der Waals surface area contributed by atoms with Crippen molar-refractivity contribution in [3.63, 3.8) is 0 Å². The maximum Gasteiger partial charge on any atom is 0.163 e. The van der Waals surface area contributed by atoms with E-state index in [0.717, 1.165) is 5.69 Å². The summed E-state index contributed by atoms with van der Waals surface area (Å²) in [5, 5.41) is 10.6. The van der Waals surface area contributed by atoms with Crippen LogP contribution in [0.4, 0.5) is 0 Å². The Morgan fingerprint density at radius 2 is 2.55 bits per heavy atom. The van der Waals surface area contributed by atoms with Crippen molar-refractivity contribution in [2.24, 2.45) is 5.73 Å². The van der Waals surface area contributed by atoms with Gasteiger partial charge in [0.2, 0.25) is 0 Å². The van der Waals surface area contributed by atoms with Crippen LogP contribution in [0.25, 0.3) is 0 Å². The smallest absolute Gasteiger partial charge is 0.163 e. The molecular weight excluding hydrogens is 160 g/mol. The lowest BCUT2D eigenvalue weighted by Crippen LogP contribution is -2.28. The first-order chi connectivity index (χ1) is 5.29. The number of nitrogens with two attached hydrogens (primary N) is 1. The summed E-state index contributed by atoms with van der Waals surface area (Å²) in [4.78, 5) is 0. The van der Waals surface area contributed by atoms with Crippen LogP contribution in [0, 0.1) is 0 Å². The van der Waals surface area contributed by atoms with E-state index >= 15 is 0 Å². The minimum atomic E-state index is 0.274. The van der Waals surface area contributed by atoms with Crippen molar-refractivity contribution in [1.29, 1.82) is 0 Å². The van der Waals surface area contributed by atoms with Crippen LogP contribution in [0.15, 0.2) is 18.3 Å². The number of hydrogen-bond donors (Lipinski definition) is 2. The second kappa shape index (κ2) is 3.82. The quantitative estimate of drug-likeness (QED) is 0.599. The zero-order chi connectivity index (χ0) is 8.10. The van der Waals surface area contributed by atoms with Crippen molar-refractivity contribution in [1.82, 2.24) is 15.5 Å². The predicted octanol–water partition coefficient (Wildman–Crippen LogP) is -0.190. The Hall–Kier alpha value is -1.23. The zero-order valence-electron chi connectivity index (χ0n) is 5.82. The highest BCUT2D eigenvalue weighted by Crippen LogP contribution is 1.88. The van der Waals surface area contributed by atoms with Gasteiger partial charge < -0.3 is 11.1 Å². The molecule has 1 aromatic rings. The van der Waals surface area contributed by atoms with Gasteiger partial charge >= 0.3 is 0 Å². The van der Waals surface area contributed by atoms with Gasteiger partial charge in [-0.2, -0.15) is 10.2 Å². The summed E-state index contributed by atoms with van der Waals surface area (Å²) in [7, 11) is 0. The van der Waals surface area contributed by atoms with E-state index in [1.165, 1.54) is 0 Å². The summed E-state index contributed by atoms with van der Waals surface area (Å²) in [6.45, 7) is 0.531. The Morgan fingerprint density at radius 1 is 1.73 bits per heavy atom. The molecular formula is C6H8N4S. The van der Waals surface area contributed by atoms with Crippen molar-refractivity contribution in [2.45, 2.75) is 6.54 Å². The van der Waals surface area contributed by atoms with Crippen molar-refractivity contribution >= 4 is 17.3 Å². The van der Waals surface area contributed by atoms with Crippen LogP contribution in [-0.4, -0.2) is 15.3 Å². The van der Waals surface area contributed by atoms with Crippen LogP contribution in [0.1, 0.15) is 5.69 Å². The van der Waals surface area contributed by atoms with Crippen molar-refractivity contribution in [2.75, 3.05) is 0 Å². The minimum Gasteiger partial charge on any atom is -0.376 e. The molecule has 0 aromatic carbocycles. The number of nitrogens with zero attached hydrogens (tertiary/aromatic N) is 2. The van der Waals surface area contributed by atoms with Crippen LogP contribution in [0.5, 0.6) is 0 Å². The lowest BCUT2D eigenvalue weighted by atomic mass is 10.4. The molecule has 0 fully saturated rings. The highest BCUT2D eigenvalue weighted by atomic mass is 32.1. The fourth-order valence-corrected chi connectivity index (χ4v) is 0.678. The Morgan fingerprint density at radius 3 is 3.09 bits per heavy atom. The Kier molecular flexibility index (Phi) is 2.74. The van der Waals surface area contributed by atoms with Crippen LogP contribution in [0.3, 0.4) is 0 Å². The van der Waals surface area contributed by atoms with Gasteiger partial charge in [-0.05, 0) is 24.4 Å². The first-order valence-corrected chi connectivity index (χ1v) is 3.50. The van der Waals surface area contributed by atoms with Gasteiger partial charge in [-0.1, -0.05) is 0 Å². The van der Waals surface area contributed by atoms with Crippen molar-refractivity contribution < 1.29 is 0 Å². The number of nitrogens with one attached hydrogen (secondary N) is 1. The van der Waals surface area contributed by atoms with E-state index in [1.807, 2.05) is 12.1 Å². The molecule has 0 atom stereocenters. The molecule has 0 unspecified atom stereocenters. The topological polar surface area (TPSA) is 63.8 Å². The number of thiocarbonyl (C=S) groups is 1. The van der Waals surface area contributed by atoms with E-state index in [4.69, 9.17) is 5.73 Å². The largest absolute Gasteiger partial charge is 0.376 e. The molecule has 1 rings (SSSR count). The molecule has 0 saturated heterocycles. The van der Waals surface area contributed by atoms with Gasteiger partial charge in [-0.3, -0.25) is 0 Å². The molecule has 0 amide bonds. The summed E-state index contributed by atoms with van der Waals surface area (Å²) >= 11 is 4.61. The van der Waals surface area contributed by atoms with Crippen LogP contribution in [0.2, 0.25) is 0 Å². The highest BCUT2D eigenvalue weighted by molar-refractivity contribution is 7.80. The fourth-order valence-electron chi connectivity index (χ4n) is 0.605. The molecule has 11 heavy (non-hydrogen) atoms. The summed E-state index contributed by atoms with van der Waals surface area (Å²) in [5.74, 6) is 0. The Bertz CT molecular complexity index is 236. The van der Waals surface area contributed by atoms with Gasteiger partial charge in [-0.15, -0.1) is 0 Å². The third-order valence-electron chi connectivity index (χ3n) is 1.07. The predicted molar refractivity (Wildman–Crippen MR) is 45.7 cm³/mol. The van der Waals surface area contributed by atoms with E-state index in [9.17, 15) is 0 Å². The monoisotopic (exact) mass is 168 g/mol. The van der Waals surface area contributed by atoms with Gasteiger partial charge in [0, 0.05) is 6.20 Å². The molecule has 0 spiro atoms. The van der Waals surface area contributed by atoms with Crippen LogP contribution in [-0.2, 0) is 6.54 Å². The van der Waals surface area contributed by atoms with Gasteiger partial charge in [-0.25, -0.2) is 0 Å². The molecule has 1 aromatic heterocycles. The molecule has 0 aliphatic rings. The molecule has 0 aliphatic carbocycles. The summed E-state index contributed by atoms with van der Waals surface area (Å²) in [6, 6.07) is 3.65. The number of rotatable bonds is 2. The van der Waals surface area contributed by atoms with Crippen LogP contribution < -0.4 is 11.1 Å². The minimum absolute atomic E-state index is 0.274. The molecule has 5 heteroatoms. The molecule has 58 valence electrons. The van der Waals surface area contributed by atoms with Crippen molar-refractivity contribution in [3.05, 3.63) is 24.0 Å². The molecule has 0 radical (unpaired) electrons. The van der Waals surface area contributed by atoms with Gasteiger partial charge in [0.1, 0.15) is 0 Å². The third kappa shape index (κ3) is 2.90. The lowest BCUT2D eigenvalue weighted by Gasteiger charge is -2.00. The average Bonchev–Trinajstić information content (AvgIpc) is 2.03. The second-order valence-corrected chi connectivity index (χ2v) is 2.37. The third-order valence-corrected chi connectivity index (χ3v) is 1.22. The zero-order valence-corrected chi connectivity index (χ0v) is 6.64. The average molecular weight is 168 g/mol. The summed E-state index contributed by atoms with van der Waals surface area (Å²) in [6.07, 6.45) is 1.62. The van der Waals surface area contributed by atoms with E-state index in [1.54, 1.807) is 6.20 Å². The van der Waals surface area contributed by atoms with Gasteiger partial charge in [0.05, 0.1) is 12.2 Å². The SMILES string of the molecule is NC(=S)NCc1cccnn1. The van der Waals surface area contributed by atoms with Crippen molar-refractivity contribution in [3.8, 4) is 0 Å². The molecule has 0 saturated carbocycles. The Balaban J connectivity index is 2.45. The first-order valence-electron chi connectivity index (χ1n) is 3.09. The first kappa shape index (κ1) is 7.87. The molecule has 0 bridgehead atoms. The van der Waals surface area contributed by atoms with E-state index in [-0.39, 0.29) is 5.11 Å². The van der Waals surface area contributed by atoms with Gasteiger partial charge in [0.25, 0.3) is 0 Å². The maximum atomic E-state index is 5.21. The molecule has 3 N–H and O–H groups in total. The summed E-state index contributed by atoms with van der Waals surface area (Å²) < 4.78 is 0. The molecule has 4 nitrogen and oxygen atoms in total. The number of hydrogen-bond acceptors (Lipinski definition) is 3. The fraction of sp³-hybridized carbons (Fsp3) is 0.167. The molecule has 1 heterocycles. The Labute approximate surface area is 69.8 Å². The van der Waals surface area contributed by atoms with Gasteiger partial charge in [0.15, 0.2) is 5.11 Å².